The maximum Gasteiger partial charge on any atom is 0.416 e. The number of aliphatic hydroxyl groups is 2. The largest absolute Gasteiger partial charge is 0.479 e. The first kappa shape index (κ1) is 45.4. The minimum absolute atomic E-state index is 0.0278. The van der Waals surface area contributed by atoms with E-state index in [9.17, 15) is 41.1 Å². The molecule has 3 heterocycles. The Morgan fingerprint density at radius 2 is 1.48 bits per heavy atom. The van der Waals surface area contributed by atoms with Gasteiger partial charge in [-0.15, -0.1) is 11.8 Å². The zero-order valence-corrected chi connectivity index (χ0v) is 32.9. The van der Waals surface area contributed by atoms with Crippen molar-refractivity contribution in [1.29, 1.82) is 0 Å². The summed E-state index contributed by atoms with van der Waals surface area (Å²) in [4.78, 5) is 55.7. The number of benzene rings is 3. The molecule has 0 spiro atoms. The number of fused-ring (bicyclic) bond motifs is 1. The van der Waals surface area contributed by atoms with E-state index in [4.69, 9.17) is 20.4 Å². The van der Waals surface area contributed by atoms with Crippen molar-refractivity contribution >= 4 is 40.6 Å². The molecule has 2 unspecified atom stereocenters. The molecule has 0 radical (unpaired) electrons. The number of likely N-dealkylation sites (tertiary alicyclic amines) is 1. The summed E-state index contributed by atoms with van der Waals surface area (Å²) < 4.78 is 69.3. The predicted molar refractivity (Wildman–Crippen MR) is 212 cm³/mol. The van der Waals surface area contributed by atoms with E-state index in [1.54, 1.807) is 22.9 Å². The second kappa shape index (κ2) is 20.0. The second-order valence-electron chi connectivity index (χ2n) is 13.8. The van der Waals surface area contributed by atoms with Crippen LogP contribution in [0, 0.1) is 11.6 Å². The number of hydrogen-bond acceptors (Lipinski definition) is 9. The van der Waals surface area contributed by atoms with Crippen molar-refractivity contribution in [3.8, 4) is 11.1 Å². The fourth-order valence-electron chi connectivity index (χ4n) is 6.58. The number of rotatable bonds is 13. The third-order valence-corrected chi connectivity index (χ3v) is 11.0. The van der Waals surface area contributed by atoms with Gasteiger partial charge in [0, 0.05) is 49.3 Å². The van der Waals surface area contributed by atoms with Crippen LogP contribution in [-0.2, 0) is 39.4 Å². The normalized spacial score (nSPS) is 14.5. The summed E-state index contributed by atoms with van der Waals surface area (Å²) in [5.74, 6) is -5.63. The molecule has 1 fully saturated rings. The monoisotopic (exact) mass is 856 g/mol. The van der Waals surface area contributed by atoms with Gasteiger partial charge in [-0.3, -0.25) is 9.59 Å². The molecule has 2 aromatic heterocycles. The number of pyridine rings is 2. The van der Waals surface area contributed by atoms with Crippen molar-refractivity contribution < 1.29 is 56.8 Å². The Kier molecular flexibility index (Phi) is 15.2. The van der Waals surface area contributed by atoms with Gasteiger partial charge in [-0.05, 0) is 66.4 Å². The van der Waals surface area contributed by atoms with Crippen LogP contribution in [0.15, 0.2) is 101 Å². The van der Waals surface area contributed by atoms with Crippen molar-refractivity contribution in [1.82, 2.24) is 19.4 Å². The zero-order chi connectivity index (χ0) is 43.7. The van der Waals surface area contributed by atoms with Crippen LogP contribution in [0.1, 0.15) is 36.5 Å². The summed E-state index contributed by atoms with van der Waals surface area (Å²) in [7, 11) is 0. The van der Waals surface area contributed by atoms with Crippen molar-refractivity contribution in [2.45, 2.75) is 68.1 Å². The van der Waals surface area contributed by atoms with Gasteiger partial charge < -0.3 is 34.8 Å². The number of nitrogens with zero attached hydrogens (tertiary/aromatic N) is 4. The first-order valence-electron chi connectivity index (χ1n) is 18.6. The Hall–Kier alpha value is -5.69. The average Bonchev–Trinajstić information content (AvgIpc) is 3.24. The summed E-state index contributed by atoms with van der Waals surface area (Å²) in [6.07, 6.45) is -5.86. The Labute approximate surface area is 344 Å². The minimum atomic E-state index is -4.41. The highest BCUT2D eigenvalue weighted by atomic mass is 32.2. The van der Waals surface area contributed by atoms with E-state index in [-0.39, 0.29) is 35.2 Å². The number of carboxylic acid groups (broad SMARTS) is 2. The van der Waals surface area contributed by atoms with Crippen molar-refractivity contribution in [3.05, 3.63) is 130 Å². The first-order chi connectivity index (χ1) is 28.5. The number of carboxylic acids is 2. The molecule has 4 N–H and O–H groups in total. The third kappa shape index (κ3) is 11.3. The molecule has 1 saturated heterocycles. The topological polar surface area (TPSA) is 173 Å². The van der Waals surface area contributed by atoms with Crippen LogP contribution in [0.4, 0.5) is 22.0 Å². The molecule has 1 aliphatic rings. The van der Waals surface area contributed by atoms with Crippen LogP contribution in [0.5, 0.6) is 0 Å². The summed E-state index contributed by atoms with van der Waals surface area (Å²) in [5.41, 5.74) is 1.68. The quantitative estimate of drug-likeness (QED) is 0.0803. The van der Waals surface area contributed by atoms with E-state index < -0.39 is 47.5 Å². The van der Waals surface area contributed by atoms with E-state index in [1.165, 1.54) is 30.3 Å². The molecule has 0 saturated carbocycles. The molecule has 5 aromatic rings. The molecule has 318 valence electrons. The highest BCUT2D eigenvalue weighted by Crippen LogP contribution is 2.32. The number of aliphatic hydroxyl groups excluding tert-OH is 2. The summed E-state index contributed by atoms with van der Waals surface area (Å²) >= 11 is 1.13. The number of alkyl halides is 3. The lowest BCUT2D eigenvalue weighted by Gasteiger charge is -2.38. The van der Waals surface area contributed by atoms with Gasteiger partial charge in [0.05, 0.1) is 16.0 Å². The lowest BCUT2D eigenvalue weighted by atomic mass is 10.00. The molecule has 12 nitrogen and oxygen atoms in total. The molecule has 60 heavy (non-hydrogen) atoms. The summed E-state index contributed by atoms with van der Waals surface area (Å²) in [6.45, 7) is 4.84. The number of carbonyl (C=O) groups is 3. The number of aliphatic carboxylic acids is 2. The molecule has 1 amide bonds. The molecular formula is C42H41F5N4O8S. The second-order valence-corrected chi connectivity index (χ2v) is 14.8. The van der Waals surface area contributed by atoms with E-state index in [0.29, 0.717) is 28.2 Å². The average molecular weight is 857 g/mol. The summed E-state index contributed by atoms with van der Waals surface area (Å²) in [6, 6.07) is 21.0. The molecule has 0 aliphatic carbocycles. The van der Waals surface area contributed by atoms with Crippen LogP contribution >= 0.6 is 11.8 Å². The van der Waals surface area contributed by atoms with Gasteiger partial charge in [-0.25, -0.2) is 23.4 Å². The van der Waals surface area contributed by atoms with Crippen LogP contribution in [0.25, 0.3) is 22.2 Å². The summed E-state index contributed by atoms with van der Waals surface area (Å²) in [5, 5.41) is 33.3. The number of hydrogen-bond donors (Lipinski definition) is 4. The molecule has 6 rings (SSSR count). The molecule has 0 bridgehead atoms. The molecular weight excluding hydrogens is 816 g/mol. The van der Waals surface area contributed by atoms with Gasteiger partial charge in [0.2, 0.25) is 5.91 Å². The van der Waals surface area contributed by atoms with Gasteiger partial charge in [-0.2, -0.15) is 13.2 Å². The highest BCUT2D eigenvalue weighted by Gasteiger charge is 2.31. The third-order valence-electron chi connectivity index (χ3n) is 9.95. The molecule has 1 aliphatic heterocycles. The maximum absolute atomic E-state index is 14.5. The van der Waals surface area contributed by atoms with Crippen LogP contribution in [0.2, 0.25) is 0 Å². The smallest absolute Gasteiger partial charge is 0.416 e. The minimum Gasteiger partial charge on any atom is -0.479 e. The van der Waals surface area contributed by atoms with Gasteiger partial charge in [-0.1, -0.05) is 55.5 Å². The lowest BCUT2D eigenvalue weighted by molar-refractivity contribution is -0.165. The number of halogens is 5. The first-order valence-corrected chi connectivity index (χ1v) is 19.6. The number of carbonyl (C=O) groups excluding carboxylic acids is 1. The molecule has 18 heteroatoms. The van der Waals surface area contributed by atoms with E-state index >= 15 is 0 Å². The van der Waals surface area contributed by atoms with E-state index in [1.807, 2.05) is 29.2 Å². The van der Waals surface area contributed by atoms with E-state index in [0.717, 1.165) is 73.6 Å². The van der Waals surface area contributed by atoms with Gasteiger partial charge in [0.15, 0.2) is 29.3 Å². The van der Waals surface area contributed by atoms with Crippen LogP contribution < -0.4 is 5.43 Å². The van der Waals surface area contributed by atoms with Gasteiger partial charge in [0.25, 0.3) is 0 Å². The molecule has 3 aromatic carbocycles. The Morgan fingerprint density at radius 3 is 2.05 bits per heavy atom. The predicted octanol–water partition coefficient (Wildman–Crippen LogP) is 6.04. The SMILES string of the molecule is CCN1CCC(N(Cc2ccc(-c3ccc(C(F)(F)F)cc3)cc2)C(=O)Cn2c(SCc3cccc(F)c3F)cc(=O)c3cccnc32)CC1.O=C(O)C(O)C(O)C(=O)O. The Bertz CT molecular complexity index is 2340. The van der Waals surface area contributed by atoms with Crippen LogP contribution in [0.3, 0.4) is 0 Å². The number of piperidine rings is 1. The number of thioether (sulfide) groups is 1. The van der Waals surface area contributed by atoms with Gasteiger partial charge in [0.1, 0.15) is 12.2 Å². The lowest BCUT2D eigenvalue weighted by Crippen LogP contribution is -2.48. The van der Waals surface area contributed by atoms with E-state index in [2.05, 4.69) is 16.8 Å². The molecule has 2 atom stereocenters. The zero-order valence-electron chi connectivity index (χ0n) is 32.1. The number of aromatic nitrogens is 2. The standard InChI is InChI=1S/C38H35F5N4O2S.C4H6O6/c1-2-45-19-16-30(17-20-45)46(22-25-8-10-26(11-9-25)27-12-14-29(15-13-27)38(41,42)43)34(49)23-47-35(21-33(48)31-6-4-18-44-37(31)47)50-24-28-5-3-7-32(39)36(28)40;5-1(3(7)8)2(6)4(9)10/h3-15,18,21,30H,2,16-17,19-20,22-24H2,1H3;1-2,5-6H,(H,7,8)(H,9,10). The number of amides is 1. The van der Waals surface area contributed by atoms with Crippen molar-refractivity contribution in [3.63, 3.8) is 0 Å². The van der Waals surface area contributed by atoms with Crippen molar-refractivity contribution in [2.24, 2.45) is 0 Å². The Balaban J connectivity index is 0.000000606. The van der Waals surface area contributed by atoms with Crippen LogP contribution in [-0.4, -0.2) is 95.5 Å². The fraction of sp³-hybridized carbons (Fsp3) is 0.310. The van der Waals surface area contributed by atoms with Crippen molar-refractivity contribution in [2.75, 3.05) is 19.6 Å². The fourth-order valence-corrected chi connectivity index (χ4v) is 7.60. The van der Waals surface area contributed by atoms with Gasteiger partial charge >= 0.3 is 18.1 Å². The maximum atomic E-state index is 14.5. The highest BCUT2D eigenvalue weighted by molar-refractivity contribution is 7.98. The Morgan fingerprint density at radius 1 is 0.883 bits per heavy atom.